The van der Waals surface area contributed by atoms with E-state index in [4.69, 9.17) is 9.47 Å². The van der Waals surface area contributed by atoms with Crippen molar-refractivity contribution in [3.8, 4) is 0 Å². The van der Waals surface area contributed by atoms with E-state index >= 15 is 0 Å². The van der Waals surface area contributed by atoms with Crippen LogP contribution >= 0.6 is 0 Å². The number of rotatable bonds is 4. The molecule has 1 heterocycles. The lowest BCUT2D eigenvalue weighted by Gasteiger charge is -2.36. The maximum atomic E-state index is 6.46. The number of allylic oxidation sites excluding steroid dienone is 1. The average molecular weight is 351 g/mol. The van der Waals surface area contributed by atoms with E-state index in [0.717, 1.165) is 13.2 Å². The summed E-state index contributed by atoms with van der Waals surface area (Å²) in [5.41, 5.74) is 1.83. The first-order valence-corrected chi connectivity index (χ1v) is 13.9. The number of ether oxygens (including phenoxy) is 2. The van der Waals surface area contributed by atoms with E-state index in [1.165, 1.54) is 51.0 Å². The van der Waals surface area contributed by atoms with Gasteiger partial charge in [-0.15, -0.1) is 0 Å². The summed E-state index contributed by atoms with van der Waals surface area (Å²) >= 11 is 0. The molecule has 24 heavy (non-hydrogen) atoms. The fraction of sp³-hybridized carbons (Fsp3) is 0.905. The summed E-state index contributed by atoms with van der Waals surface area (Å²) in [6, 6.07) is 1.39. The normalized spacial score (nSPS) is 35.0. The molecular formula is C21H38O2Si. The van der Waals surface area contributed by atoms with Crippen LogP contribution in [0.25, 0.3) is 0 Å². The molecule has 0 amide bonds. The topological polar surface area (TPSA) is 18.5 Å². The minimum atomic E-state index is -1.02. The van der Waals surface area contributed by atoms with E-state index < -0.39 is 8.07 Å². The van der Waals surface area contributed by atoms with Crippen molar-refractivity contribution < 1.29 is 9.47 Å². The molecule has 0 unspecified atom stereocenters. The third-order valence-corrected chi connectivity index (χ3v) is 7.84. The summed E-state index contributed by atoms with van der Waals surface area (Å²) in [6.45, 7) is 13.7. The van der Waals surface area contributed by atoms with Gasteiger partial charge in [0.15, 0.2) is 5.79 Å². The molecule has 2 fully saturated rings. The van der Waals surface area contributed by atoms with E-state index in [0.29, 0.717) is 11.8 Å². The molecule has 1 aliphatic heterocycles. The first kappa shape index (κ1) is 18.7. The Bertz CT molecular complexity index is 465. The van der Waals surface area contributed by atoms with Gasteiger partial charge in [-0.05, 0) is 32.1 Å². The van der Waals surface area contributed by atoms with Gasteiger partial charge in [0.1, 0.15) is 0 Å². The van der Waals surface area contributed by atoms with Crippen LogP contribution in [-0.2, 0) is 9.47 Å². The highest BCUT2D eigenvalue weighted by Crippen LogP contribution is 2.63. The zero-order valence-electron chi connectivity index (χ0n) is 16.6. The van der Waals surface area contributed by atoms with Crippen molar-refractivity contribution in [1.82, 2.24) is 0 Å². The molecule has 1 saturated carbocycles. The molecule has 0 aromatic carbocycles. The summed E-state index contributed by atoms with van der Waals surface area (Å²) in [4.78, 5) is 0. The molecule has 1 spiro atoms. The molecule has 138 valence electrons. The Morgan fingerprint density at radius 1 is 1.04 bits per heavy atom. The first-order valence-electron chi connectivity index (χ1n) is 10.2. The summed E-state index contributed by atoms with van der Waals surface area (Å²) in [7, 11) is -1.02. The van der Waals surface area contributed by atoms with E-state index in [1.807, 2.05) is 0 Å². The van der Waals surface area contributed by atoms with E-state index in [-0.39, 0.29) is 11.2 Å². The van der Waals surface area contributed by atoms with Gasteiger partial charge < -0.3 is 9.47 Å². The fourth-order valence-electron chi connectivity index (χ4n) is 4.47. The second kappa shape index (κ2) is 6.89. The van der Waals surface area contributed by atoms with Gasteiger partial charge in [0.05, 0.1) is 13.2 Å². The molecule has 0 aromatic heterocycles. The second-order valence-corrected chi connectivity index (χ2v) is 16.0. The Morgan fingerprint density at radius 3 is 2.38 bits per heavy atom. The first-order chi connectivity index (χ1) is 11.2. The van der Waals surface area contributed by atoms with Crippen molar-refractivity contribution in [1.29, 1.82) is 0 Å². The Kier molecular flexibility index (Phi) is 5.35. The summed E-state index contributed by atoms with van der Waals surface area (Å²) in [5.74, 6) is 0.884. The highest BCUT2D eigenvalue weighted by molar-refractivity contribution is 6.76. The average Bonchev–Trinajstić information content (AvgIpc) is 3.07. The predicted octanol–water partition coefficient (Wildman–Crippen LogP) is 6.01. The Labute approximate surface area is 150 Å². The Balaban J connectivity index is 1.74. The van der Waals surface area contributed by atoms with Crippen molar-refractivity contribution in [2.45, 2.75) is 90.3 Å². The molecule has 1 saturated heterocycles. The fourth-order valence-corrected chi connectivity index (χ4v) is 5.65. The van der Waals surface area contributed by atoms with Crippen LogP contribution in [0.2, 0.25) is 25.7 Å². The highest BCUT2D eigenvalue weighted by atomic mass is 28.3. The van der Waals surface area contributed by atoms with Crippen LogP contribution < -0.4 is 0 Å². The van der Waals surface area contributed by atoms with E-state index in [2.05, 4.69) is 39.6 Å². The van der Waals surface area contributed by atoms with Gasteiger partial charge in [-0.2, -0.15) is 0 Å². The lowest BCUT2D eigenvalue weighted by molar-refractivity contribution is -0.255. The third kappa shape index (κ3) is 4.16. The molecule has 3 rings (SSSR count). The predicted molar refractivity (Wildman–Crippen MR) is 104 cm³/mol. The third-order valence-electron chi connectivity index (χ3n) is 6.05. The van der Waals surface area contributed by atoms with E-state index in [1.54, 1.807) is 5.57 Å². The minimum absolute atomic E-state index is 0.164. The molecular weight excluding hydrogens is 312 g/mol. The standard InChI is InChI=1S/C21H38O2Si/c1-20(2)15-22-21(23-16-20)18(13-14-24(3,4)5)19(21)17-11-9-7-6-8-10-12-17/h11,18-19H,6-10,12-16H2,1-5H3/b17-11+/t18-,19+/m0/s1. The van der Waals surface area contributed by atoms with Gasteiger partial charge >= 0.3 is 0 Å². The van der Waals surface area contributed by atoms with Crippen LogP contribution in [0.4, 0.5) is 0 Å². The summed E-state index contributed by atoms with van der Waals surface area (Å²) in [5, 5.41) is 0. The largest absolute Gasteiger partial charge is 0.348 e. The Morgan fingerprint density at radius 2 is 1.71 bits per heavy atom. The lowest BCUT2D eigenvalue weighted by Crippen LogP contribution is -2.41. The zero-order valence-corrected chi connectivity index (χ0v) is 17.6. The summed E-state index contributed by atoms with van der Waals surface area (Å²) in [6.07, 6.45) is 11.9. The van der Waals surface area contributed by atoms with Gasteiger partial charge in [-0.3, -0.25) is 0 Å². The quantitative estimate of drug-likeness (QED) is 0.456. The monoisotopic (exact) mass is 350 g/mol. The minimum Gasteiger partial charge on any atom is -0.348 e. The van der Waals surface area contributed by atoms with Gasteiger partial charge in [-0.25, -0.2) is 0 Å². The molecule has 3 aliphatic rings. The van der Waals surface area contributed by atoms with Crippen molar-refractivity contribution in [2.75, 3.05) is 13.2 Å². The van der Waals surface area contributed by atoms with E-state index in [9.17, 15) is 0 Å². The zero-order chi connectivity index (χ0) is 17.4. The van der Waals surface area contributed by atoms with Crippen molar-refractivity contribution in [3.05, 3.63) is 11.6 Å². The van der Waals surface area contributed by atoms with Crippen molar-refractivity contribution in [3.63, 3.8) is 0 Å². The maximum absolute atomic E-state index is 6.46. The van der Waals surface area contributed by atoms with Crippen molar-refractivity contribution in [2.24, 2.45) is 17.3 Å². The van der Waals surface area contributed by atoms with Crippen molar-refractivity contribution >= 4 is 8.07 Å². The second-order valence-electron chi connectivity index (χ2n) is 10.4. The van der Waals surface area contributed by atoms with Crippen LogP contribution in [0.15, 0.2) is 11.6 Å². The van der Waals surface area contributed by atoms with Gasteiger partial charge in [-0.1, -0.05) is 64.0 Å². The molecule has 0 radical (unpaired) electrons. The maximum Gasteiger partial charge on any atom is 0.178 e. The number of hydrogen-bond acceptors (Lipinski definition) is 2. The molecule has 2 aliphatic carbocycles. The van der Waals surface area contributed by atoms with Crippen LogP contribution in [-0.4, -0.2) is 27.1 Å². The molecule has 0 N–H and O–H groups in total. The van der Waals surface area contributed by atoms with Gasteiger partial charge in [0, 0.05) is 25.3 Å². The molecule has 0 aromatic rings. The molecule has 2 nitrogen and oxygen atoms in total. The Hall–Kier alpha value is -0.123. The SMILES string of the molecule is CC1(C)COC2(OC1)[C@H](/C1=C/CCCCCC1)[C@@H]2CC[Si](C)(C)C. The lowest BCUT2D eigenvalue weighted by atomic mass is 9.94. The molecule has 3 heteroatoms. The van der Waals surface area contributed by atoms with Gasteiger partial charge in [0.2, 0.25) is 0 Å². The summed E-state index contributed by atoms with van der Waals surface area (Å²) < 4.78 is 12.9. The van der Waals surface area contributed by atoms with Crippen LogP contribution in [0.1, 0.15) is 58.8 Å². The molecule has 0 bridgehead atoms. The van der Waals surface area contributed by atoms with Gasteiger partial charge in [0.25, 0.3) is 0 Å². The highest BCUT2D eigenvalue weighted by Gasteiger charge is 2.69. The van der Waals surface area contributed by atoms with Crippen LogP contribution in [0, 0.1) is 17.3 Å². The van der Waals surface area contributed by atoms with Crippen LogP contribution in [0.5, 0.6) is 0 Å². The molecule has 2 atom stereocenters. The smallest absolute Gasteiger partial charge is 0.178 e. The number of hydrogen-bond donors (Lipinski definition) is 0. The van der Waals surface area contributed by atoms with Crippen LogP contribution in [0.3, 0.4) is 0 Å².